The number of alkyl halides is 1. The summed E-state index contributed by atoms with van der Waals surface area (Å²) in [5.41, 5.74) is 8.28. The van der Waals surface area contributed by atoms with Gasteiger partial charge in [0.25, 0.3) is 0 Å². The van der Waals surface area contributed by atoms with Crippen LogP contribution in [0.3, 0.4) is 0 Å². The van der Waals surface area contributed by atoms with E-state index in [-0.39, 0.29) is 12.6 Å². The van der Waals surface area contributed by atoms with Crippen molar-refractivity contribution in [2.45, 2.75) is 17.3 Å². The predicted octanol–water partition coefficient (Wildman–Crippen LogP) is 3.13. The topological polar surface area (TPSA) is 94.2 Å². The van der Waals surface area contributed by atoms with Gasteiger partial charge < -0.3 is 15.6 Å². The van der Waals surface area contributed by atoms with Gasteiger partial charge in [0.1, 0.15) is 0 Å². The molecule has 4 rings (SSSR count). The van der Waals surface area contributed by atoms with Gasteiger partial charge in [0, 0.05) is 16.9 Å². The second-order valence-corrected chi connectivity index (χ2v) is 7.00. The molecule has 1 aromatic heterocycles. The smallest absolute Gasteiger partial charge is 0.224 e. The first-order chi connectivity index (χ1) is 12.2. The van der Waals surface area contributed by atoms with Crippen molar-refractivity contribution in [1.82, 2.24) is 15.0 Å². The molecule has 0 radical (unpaired) electrons. The van der Waals surface area contributed by atoms with Gasteiger partial charge in [-0.2, -0.15) is 9.97 Å². The number of anilines is 1. The van der Waals surface area contributed by atoms with E-state index in [1.807, 2.05) is 30.3 Å². The summed E-state index contributed by atoms with van der Waals surface area (Å²) >= 11 is 7.65. The molecule has 0 saturated carbocycles. The lowest BCUT2D eigenvalue weighted by Gasteiger charge is -2.23. The number of aliphatic hydroxyl groups is 1. The van der Waals surface area contributed by atoms with E-state index in [2.05, 4.69) is 15.0 Å². The van der Waals surface area contributed by atoms with Crippen LogP contribution in [0, 0.1) is 0 Å². The Bertz CT molecular complexity index is 953. The quantitative estimate of drug-likeness (QED) is 0.535. The fraction of sp³-hybridized carbons (Fsp3) is 0.235. The molecule has 1 atom stereocenters. The molecular formula is C17H15ClN4O2S. The van der Waals surface area contributed by atoms with Gasteiger partial charge in [0.15, 0.2) is 16.5 Å². The van der Waals surface area contributed by atoms with Crippen LogP contribution in [0.1, 0.15) is 16.7 Å². The molecule has 128 valence electrons. The lowest BCUT2D eigenvalue weighted by molar-refractivity contribution is 0.0904. The van der Waals surface area contributed by atoms with Gasteiger partial charge in [-0.25, -0.2) is 4.98 Å². The van der Waals surface area contributed by atoms with Gasteiger partial charge in [0.2, 0.25) is 5.95 Å². The number of rotatable bonds is 4. The predicted molar refractivity (Wildman–Crippen MR) is 98.4 cm³/mol. The summed E-state index contributed by atoms with van der Waals surface area (Å²) in [6.07, 6.45) is 0. The Morgan fingerprint density at radius 2 is 2.12 bits per heavy atom. The van der Waals surface area contributed by atoms with Crippen molar-refractivity contribution in [3.63, 3.8) is 0 Å². The second-order valence-electron chi connectivity index (χ2n) is 5.54. The van der Waals surface area contributed by atoms with Crippen molar-refractivity contribution in [1.29, 1.82) is 0 Å². The molecule has 2 aromatic carbocycles. The standard InChI is InChI=1S/C17H15ClN4O2S/c18-14-12-3-1-2-10-11(5-4-9(8-24-14)13(10)12)15-20-16(19)22-17(21-15)25-7-6-23/h1-5,14,23H,6-8H2,(H2,19,20,21,22)/t14-/m1/s1. The van der Waals surface area contributed by atoms with Gasteiger partial charge in [-0.1, -0.05) is 53.7 Å². The molecule has 0 amide bonds. The number of nitrogens with zero attached hydrogens (tertiary/aromatic N) is 3. The van der Waals surface area contributed by atoms with Crippen LogP contribution in [-0.4, -0.2) is 32.4 Å². The first-order valence-electron chi connectivity index (χ1n) is 7.73. The van der Waals surface area contributed by atoms with Crippen molar-refractivity contribution in [2.75, 3.05) is 18.1 Å². The molecular weight excluding hydrogens is 360 g/mol. The van der Waals surface area contributed by atoms with Crippen LogP contribution >= 0.6 is 23.4 Å². The maximum atomic E-state index is 9.00. The summed E-state index contributed by atoms with van der Waals surface area (Å²) in [6, 6.07) is 9.91. The molecule has 2 heterocycles. The van der Waals surface area contributed by atoms with Crippen molar-refractivity contribution in [2.24, 2.45) is 0 Å². The third-order valence-electron chi connectivity index (χ3n) is 3.98. The minimum Gasteiger partial charge on any atom is -0.396 e. The van der Waals surface area contributed by atoms with Gasteiger partial charge in [-0.15, -0.1) is 0 Å². The lowest BCUT2D eigenvalue weighted by Crippen LogP contribution is -2.08. The van der Waals surface area contributed by atoms with E-state index < -0.39 is 5.56 Å². The van der Waals surface area contributed by atoms with E-state index in [0.29, 0.717) is 23.3 Å². The van der Waals surface area contributed by atoms with Crippen molar-refractivity contribution in [3.8, 4) is 11.4 Å². The van der Waals surface area contributed by atoms with Gasteiger partial charge >= 0.3 is 0 Å². The largest absolute Gasteiger partial charge is 0.396 e. The number of ether oxygens (including phenoxy) is 1. The minimum absolute atomic E-state index is 0.0453. The number of aromatic nitrogens is 3. The lowest BCUT2D eigenvalue weighted by atomic mass is 9.94. The summed E-state index contributed by atoms with van der Waals surface area (Å²) in [7, 11) is 0. The van der Waals surface area contributed by atoms with E-state index in [9.17, 15) is 0 Å². The van der Waals surface area contributed by atoms with E-state index in [0.717, 1.165) is 27.5 Å². The molecule has 0 saturated heterocycles. The third-order valence-corrected chi connectivity index (χ3v) is 5.17. The normalized spacial score (nSPS) is 16.3. The number of aliphatic hydroxyl groups excluding tert-OH is 1. The maximum Gasteiger partial charge on any atom is 0.224 e. The highest BCUT2D eigenvalue weighted by Crippen LogP contribution is 2.40. The molecule has 6 nitrogen and oxygen atoms in total. The van der Waals surface area contributed by atoms with Gasteiger partial charge in [0.05, 0.1) is 13.2 Å². The van der Waals surface area contributed by atoms with Crippen LogP contribution in [0.5, 0.6) is 0 Å². The first-order valence-corrected chi connectivity index (χ1v) is 9.15. The molecule has 3 aromatic rings. The van der Waals surface area contributed by atoms with E-state index in [4.69, 9.17) is 27.2 Å². The average Bonchev–Trinajstić information content (AvgIpc) is 2.62. The molecule has 0 fully saturated rings. The summed E-state index contributed by atoms with van der Waals surface area (Å²) in [6.45, 7) is 0.516. The van der Waals surface area contributed by atoms with Gasteiger partial charge in [-0.05, 0) is 16.3 Å². The van der Waals surface area contributed by atoms with Crippen molar-refractivity contribution < 1.29 is 9.84 Å². The first kappa shape index (κ1) is 16.5. The summed E-state index contributed by atoms with van der Waals surface area (Å²) in [5, 5.41) is 11.6. The van der Waals surface area contributed by atoms with E-state index in [1.54, 1.807) is 0 Å². The van der Waals surface area contributed by atoms with Crippen LogP contribution < -0.4 is 5.73 Å². The van der Waals surface area contributed by atoms with Crippen LogP contribution in [0.15, 0.2) is 35.5 Å². The Balaban J connectivity index is 1.90. The number of halogens is 1. The Labute approximate surface area is 153 Å². The van der Waals surface area contributed by atoms with Crippen LogP contribution in [0.4, 0.5) is 5.95 Å². The zero-order valence-corrected chi connectivity index (χ0v) is 14.7. The zero-order chi connectivity index (χ0) is 17.4. The SMILES string of the molecule is Nc1nc(SCCO)nc(-c2ccc3c4c(cccc24)[C@H](Cl)OC3)n1. The third kappa shape index (κ3) is 3.04. The Morgan fingerprint density at radius 1 is 1.24 bits per heavy atom. The highest BCUT2D eigenvalue weighted by Gasteiger charge is 2.22. The van der Waals surface area contributed by atoms with Crippen molar-refractivity contribution in [3.05, 3.63) is 41.5 Å². The number of nitrogen functional groups attached to an aromatic ring is 1. The van der Waals surface area contributed by atoms with E-state index >= 15 is 0 Å². The maximum absolute atomic E-state index is 9.00. The number of hydrogen-bond donors (Lipinski definition) is 2. The number of nitrogens with two attached hydrogens (primary N) is 1. The summed E-state index contributed by atoms with van der Waals surface area (Å²) in [5.74, 6) is 1.16. The second kappa shape index (κ2) is 6.76. The molecule has 8 heteroatoms. The average molecular weight is 375 g/mol. The van der Waals surface area contributed by atoms with E-state index in [1.165, 1.54) is 11.8 Å². The number of benzene rings is 2. The van der Waals surface area contributed by atoms with Crippen LogP contribution in [0.25, 0.3) is 22.2 Å². The fourth-order valence-electron chi connectivity index (χ4n) is 2.96. The highest BCUT2D eigenvalue weighted by molar-refractivity contribution is 7.99. The van der Waals surface area contributed by atoms with Gasteiger partial charge in [-0.3, -0.25) is 0 Å². The number of hydrogen-bond acceptors (Lipinski definition) is 7. The molecule has 0 spiro atoms. The number of thioether (sulfide) groups is 1. The zero-order valence-electron chi connectivity index (χ0n) is 13.1. The molecule has 0 unspecified atom stereocenters. The molecule has 1 aliphatic heterocycles. The Hall–Kier alpha value is -1.93. The molecule has 0 aliphatic carbocycles. The Kier molecular flexibility index (Phi) is 4.47. The fourth-order valence-corrected chi connectivity index (χ4v) is 3.79. The van der Waals surface area contributed by atoms with Crippen LogP contribution in [0.2, 0.25) is 0 Å². The summed E-state index contributed by atoms with van der Waals surface area (Å²) in [4.78, 5) is 12.9. The van der Waals surface area contributed by atoms with Crippen LogP contribution in [-0.2, 0) is 11.3 Å². The molecule has 25 heavy (non-hydrogen) atoms. The molecule has 1 aliphatic rings. The minimum atomic E-state index is -0.467. The highest BCUT2D eigenvalue weighted by atomic mass is 35.5. The van der Waals surface area contributed by atoms with Crippen molar-refractivity contribution >= 4 is 40.1 Å². The summed E-state index contributed by atoms with van der Waals surface area (Å²) < 4.78 is 5.60. The molecule has 3 N–H and O–H groups in total. The molecule has 0 bridgehead atoms. The monoisotopic (exact) mass is 374 g/mol. The Morgan fingerprint density at radius 3 is 2.96 bits per heavy atom.